The highest BCUT2D eigenvalue weighted by Crippen LogP contribution is 2.38. The van der Waals surface area contributed by atoms with Crippen molar-refractivity contribution in [3.8, 4) is 5.75 Å². The van der Waals surface area contributed by atoms with Crippen molar-refractivity contribution in [2.75, 3.05) is 19.7 Å². The lowest BCUT2D eigenvalue weighted by Crippen LogP contribution is -2.43. The van der Waals surface area contributed by atoms with E-state index in [9.17, 15) is 5.11 Å². The van der Waals surface area contributed by atoms with Gasteiger partial charge in [0.05, 0.1) is 6.61 Å². The first-order chi connectivity index (χ1) is 8.30. The first kappa shape index (κ1) is 11.1. The lowest BCUT2D eigenvalue weighted by atomic mass is 9.84. The largest absolute Gasteiger partial charge is 0.493 e. The fraction of sp³-hybridized carbons (Fsp3) is 0.571. The highest BCUT2D eigenvalue weighted by atomic mass is 16.5. The normalized spacial score (nSPS) is 28.3. The summed E-state index contributed by atoms with van der Waals surface area (Å²) in [6, 6.07) is 6.16. The van der Waals surface area contributed by atoms with Crippen LogP contribution in [0.3, 0.4) is 0 Å². The number of fused-ring (bicyclic) bond motifs is 1. The monoisotopic (exact) mass is 233 g/mol. The summed E-state index contributed by atoms with van der Waals surface area (Å²) in [6.07, 6.45) is 3.97. The van der Waals surface area contributed by atoms with E-state index in [1.165, 1.54) is 5.56 Å². The molecule has 1 atom stereocenters. The molecule has 3 rings (SSSR count). The number of nitrogens with one attached hydrogen (secondary N) is 1. The molecule has 2 aliphatic heterocycles. The van der Waals surface area contributed by atoms with Gasteiger partial charge in [0, 0.05) is 12.1 Å². The lowest BCUT2D eigenvalue weighted by Gasteiger charge is -2.35. The minimum atomic E-state index is -0.749. The maximum absolute atomic E-state index is 10.8. The highest BCUT2D eigenvalue weighted by Gasteiger charge is 2.35. The van der Waals surface area contributed by atoms with Crippen LogP contribution >= 0.6 is 0 Å². The molecule has 1 aromatic carbocycles. The van der Waals surface area contributed by atoms with Crippen LogP contribution in [-0.4, -0.2) is 24.8 Å². The van der Waals surface area contributed by atoms with E-state index in [1.54, 1.807) is 0 Å². The molecule has 0 spiro atoms. The van der Waals surface area contributed by atoms with E-state index >= 15 is 0 Å². The molecule has 1 aromatic rings. The van der Waals surface area contributed by atoms with Gasteiger partial charge < -0.3 is 15.2 Å². The molecular formula is C14H19NO2. The van der Waals surface area contributed by atoms with Crippen LogP contribution in [-0.2, 0) is 12.0 Å². The molecule has 0 aliphatic carbocycles. The Morgan fingerprint density at radius 3 is 3.06 bits per heavy atom. The second-order valence-electron chi connectivity index (χ2n) is 5.06. The fourth-order valence-electron chi connectivity index (χ4n) is 2.87. The summed E-state index contributed by atoms with van der Waals surface area (Å²) in [6.45, 7) is 2.40. The van der Waals surface area contributed by atoms with Gasteiger partial charge in [0.1, 0.15) is 11.4 Å². The number of hydrogen-bond acceptors (Lipinski definition) is 3. The van der Waals surface area contributed by atoms with Crippen molar-refractivity contribution in [1.29, 1.82) is 0 Å². The van der Waals surface area contributed by atoms with Crippen LogP contribution in [0, 0.1) is 0 Å². The SMILES string of the molecule is OC1(c2cccc3c2OCCC3)CCCNC1. The first-order valence-corrected chi connectivity index (χ1v) is 6.48. The van der Waals surface area contributed by atoms with E-state index in [4.69, 9.17) is 4.74 Å². The Balaban J connectivity index is 2.01. The zero-order chi connectivity index (χ0) is 11.7. The van der Waals surface area contributed by atoms with E-state index < -0.39 is 5.60 Å². The molecule has 0 bridgehead atoms. The molecule has 3 heteroatoms. The molecule has 92 valence electrons. The number of piperidine rings is 1. The third-order valence-corrected chi connectivity index (χ3v) is 3.80. The van der Waals surface area contributed by atoms with Crippen molar-refractivity contribution in [2.45, 2.75) is 31.3 Å². The zero-order valence-corrected chi connectivity index (χ0v) is 10.0. The molecule has 0 radical (unpaired) electrons. The molecule has 3 nitrogen and oxygen atoms in total. The molecule has 1 saturated heterocycles. The number of para-hydroxylation sites is 1. The quantitative estimate of drug-likeness (QED) is 0.774. The lowest BCUT2D eigenvalue weighted by molar-refractivity contribution is 0.00927. The Morgan fingerprint density at radius 1 is 1.29 bits per heavy atom. The molecule has 0 amide bonds. The number of benzene rings is 1. The molecule has 0 aromatic heterocycles. The van der Waals surface area contributed by atoms with E-state index in [0.29, 0.717) is 6.54 Å². The Bertz CT molecular complexity index is 411. The van der Waals surface area contributed by atoms with E-state index in [-0.39, 0.29) is 0 Å². The Morgan fingerprint density at radius 2 is 2.24 bits per heavy atom. The van der Waals surface area contributed by atoms with E-state index in [0.717, 1.165) is 50.1 Å². The van der Waals surface area contributed by atoms with Crippen LogP contribution < -0.4 is 10.1 Å². The van der Waals surface area contributed by atoms with Gasteiger partial charge in [0.25, 0.3) is 0 Å². The van der Waals surface area contributed by atoms with Gasteiger partial charge in [-0.3, -0.25) is 0 Å². The number of β-amino-alcohol motifs (C(OH)–C–C–N with tert-alkyl or cyclic N) is 1. The van der Waals surface area contributed by atoms with Gasteiger partial charge >= 0.3 is 0 Å². The Labute approximate surface area is 102 Å². The molecule has 17 heavy (non-hydrogen) atoms. The number of ether oxygens (including phenoxy) is 1. The summed E-state index contributed by atoms with van der Waals surface area (Å²) in [5.74, 6) is 0.935. The minimum Gasteiger partial charge on any atom is -0.493 e. The van der Waals surface area contributed by atoms with Gasteiger partial charge in [-0.2, -0.15) is 0 Å². The van der Waals surface area contributed by atoms with Crippen LogP contribution in [0.25, 0.3) is 0 Å². The summed E-state index contributed by atoms with van der Waals surface area (Å²) in [4.78, 5) is 0. The van der Waals surface area contributed by atoms with Gasteiger partial charge in [0.15, 0.2) is 0 Å². The zero-order valence-electron chi connectivity index (χ0n) is 10.0. The Hall–Kier alpha value is -1.06. The van der Waals surface area contributed by atoms with Crippen LogP contribution in [0.4, 0.5) is 0 Å². The molecule has 2 aliphatic rings. The second-order valence-corrected chi connectivity index (χ2v) is 5.06. The van der Waals surface area contributed by atoms with Gasteiger partial charge in [-0.25, -0.2) is 0 Å². The molecular weight excluding hydrogens is 214 g/mol. The number of aryl methyl sites for hydroxylation is 1. The predicted molar refractivity (Wildman–Crippen MR) is 66.3 cm³/mol. The molecule has 1 unspecified atom stereocenters. The third kappa shape index (κ3) is 1.94. The maximum atomic E-state index is 10.8. The number of aliphatic hydroxyl groups is 1. The van der Waals surface area contributed by atoms with Crippen LogP contribution in [0.15, 0.2) is 18.2 Å². The van der Waals surface area contributed by atoms with Crippen LogP contribution in [0.1, 0.15) is 30.4 Å². The van der Waals surface area contributed by atoms with Gasteiger partial charge in [-0.1, -0.05) is 18.2 Å². The molecule has 0 saturated carbocycles. The van der Waals surface area contributed by atoms with Crippen molar-refractivity contribution < 1.29 is 9.84 Å². The minimum absolute atomic E-state index is 0.632. The third-order valence-electron chi connectivity index (χ3n) is 3.80. The van der Waals surface area contributed by atoms with E-state index in [2.05, 4.69) is 11.4 Å². The average molecular weight is 233 g/mol. The summed E-state index contributed by atoms with van der Waals surface area (Å²) >= 11 is 0. The predicted octanol–water partition coefficient (Wildman–Crippen LogP) is 1.58. The van der Waals surface area contributed by atoms with Crippen LogP contribution in [0.5, 0.6) is 5.75 Å². The smallest absolute Gasteiger partial charge is 0.128 e. The van der Waals surface area contributed by atoms with Crippen molar-refractivity contribution in [2.24, 2.45) is 0 Å². The molecule has 2 heterocycles. The first-order valence-electron chi connectivity index (χ1n) is 6.48. The summed E-state index contributed by atoms with van der Waals surface area (Å²) < 4.78 is 5.79. The maximum Gasteiger partial charge on any atom is 0.128 e. The van der Waals surface area contributed by atoms with Crippen molar-refractivity contribution >= 4 is 0 Å². The standard InChI is InChI=1S/C14H19NO2/c16-14(7-3-8-15-10-14)12-6-1-4-11-5-2-9-17-13(11)12/h1,4,6,15-16H,2-3,5,7-10H2. The van der Waals surface area contributed by atoms with Crippen molar-refractivity contribution in [3.63, 3.8) is 0 Å². The Kier molecular flexibility index (Phi) is 2.81. The average Bonchev–Trinajstić information content (AvgIpc) is 2.39. The second kappa shape index (κ2) is 4.31. The van der Waals surface area contributed by atoms with Gasteiger partial charge in [0.2, 0.25) is 0 Å². The number of hydrogen-bond donors (Lipinski definition) is 2. The van der Waals surface area contributed by atoms with E-state index in [1.807, 2.05) is 12.1 Å². The summed E-state index contributed by atoms with van der Waals surface area (Å²) in [5, 5.41) is 14.0. The topological polar surface area (TPSA) is 41.5 Å². The molecule has 1 fully saturated rings. The van der Waals surface area contributed by atoms with Crippen molar-refractivity contribution in [3.05, 3.63) is 29.3 Å². The fourth-order valence-corrected chi connectivity index (χ4v) is 2.87. The van der Waals surface area contributed by atoms with Gasteiger partial charge in [-0.15, -0.1) is 0 Å². The number of rotatable bonds is 1. The molecule has 2 N–H and O–H groups in total. The summed E-state index contributed by atoms with van der Waals surface area (Å²) in [7, 11) is 0. The summed E-state index contributed by atoms with van der Waals surface area (Å²) in [5.41, 5.74) is 1.47. The van der Waals surface area contributed by atoms with Crippen LogP contribution in [0.2, 0.25) is 0 Å². The highest BCUT2D eigenvalue weighted by molar-refractivity contribution is 5.46. The van der Waals surface area contributed by atoms with Crippen molar-refractivity contribution in [1.82, 2.24) is 5.32 Å². The van der Waals surface area contributed by atoms with Gasteiger partial charge in [-0.05, 0) is 37.8 Å².